The van der Waals surface area contributed by atoms with Gasteiger partial charge in [0.05, 0.1) is 27.8 Å². The van der Waals surface area contributed by atoms with Crippen molar-refractivity contribution in [2.45, 2.75) is 97.9 Å². The molecule has 2 aromatic heterocycles. The van der Waals surface area contributed by atoms with Gasteiger partial charge in [0.2, 0.25) is 17.7 Å². The average molecular weight is 962 g/mol. The molecular weight excluding hydrogens is 909 g/mol. The van der Waals surface area contributed by atoms with E-state index in [2.05, 4.69) is 25.9 Å². The van der Waals surface area contributed by atoms with Crippen LogP contribution < -0.4 is 26.5 Å². The highest BCUT2D eigenvalue weighted by Gasteiger charge is 2.45. The third-order valence-corrected chi connectivity index (χ3v) is 12.6. The number of carbonyl (C=O) groups excluding carboxylic acids is 6. The van der Waals surface area contributed by atoms with Crippen LogP contribution in [0.3, 0.4) is 0 Å². The molecule has 0 bridgehead atoms. The Labute approximate surface area is 401 Å². The van der Waals surface area contributed by atoms with E-state index in [0.29, 0.717) is 47.5 Å². The quantitative estimate of drug-likeness (QED) is 0.0859. The monoisotopic (exact) mass is 961 g/mol. The number of imide groups is 2. The maximum Gasteiger partial charge on any atom is 0.410 e. The van der Waals surface area contributed by atoms with Crippen LogP contribution in [0.5, 0.6) is 5.75 Å². The van der Waals surface area contributed by atoms with Crippen LogP contribution in [-0.4, -0.2) is 109 Å². The molecule has 3 aliphatic heterocycles. The number of aryl methyl sites for hydroxylation is 1. The summed E-state index contributed by atoms with van der Waals surface area (Å²) in [6.07, 6.45) is 0.666. The minimum Gasteiger partial charge on any atom is -0.507 e. The molecule has 5 aromatic rings. The number of phenols is 1. The maximum atomic E-state index is 16.3. The summed E-state index contributed by atoms with van der Waals surface area (Å²) in [5, 5.41) is 19.1. The molecule has 0 saturated carbocycles. The minimum absolute atomic E-state index is 0.00815. The van der Waals surface area contributed by atoms with Gasteiger partial charge in [-0.25, -0.2) is 27.9 Å². The predicted octanol–water partition coefficient (Wildman–Crippen LogP) is 5.79. The van der Waals surface area contributed by atoms with Crippen molar-refractivity contribution in [3.63, 3.8) is 0 Å². The van der Waals surface area contributed by atoms with E-state index in [4.69, 9.17) is 4.74 Å². The smallest absolute Gasteiger partial charge is 0.410 e. The van der Waals surface area contributed by atoms with E-state index in [0.717, 1.165) is 17.0 Å². The first kappa shape index (κ1) is 48.7. The Bertz CT molecular complexity index is 3040. The molecule has 6 amide bonds. The lowest BCUT2D eigenvalue weighted by molar-refractivity contribution is -0.136. The number of anilines is 2. The number of pyridine rings is 1. The fourth-order valence-electron chi connectivity index (χ4n) is 9.20. The first-order valence-electron chi connectivity index (χ1n) is 23.0. The van der Waals surface area contributed by atoms with Crippen molar-refractivity contribution in [2.75, 3.05) is 36.4 Å². The van der Waals surface area contributed by atoms with Gasteiger partial charge in [0, 0.05) is 57.3 Å². The highest BCUT2D eigenvalue weighted by atomic mass is 19.1. The molecule has 3 aromatic carbocycles. The molecule has 2 atom stereocenters. The van der Waals surface area contributed by atoms with Gasteiger partial charge in [0.15, 0.2) is 11.5 Å². The molecule has 20 heteroatoms. The Hall–Kier alpha value is -7.77. The summed E-state index contributed by atoms with van der Waals surface area (Å²) in [5.41, 5.74) is 0.284. The van der Waals surface area contributed by atoms with Gasteiger partial charge in [-0.15, -0.1) is 0 Å². The number of aromatic nitrogens is 3. The van der Waals surface area contributed by atoms with E-state index in [1.807, 2.05) is 6.92 Å². The summed E-state index contributed by atoms with van der Waals surface area (Å²) in [7, 11) is 0. The second-order valence-corrected chi connectivity index (χ2v) is 18.7. The lowest BCUT2D eigenvalue weighted by atomic mass is 10.0. The van der Waals surface area contributed by atoms with Crippen LogP contribution in [0.15, 0.2) is 59.4 Å². The Balaban J connectivity index is 0.995. The third-order valence-electron chi connectivity index (χ3n) is 12.6. The predicted molar refractivity (Wildman–Crippen MR) is 254 cm³/mol. The standard InChI is InChI=1S/C50H53F2N9O9/c1-26-16-17-29(24-54-37(63)15-7-8-20-53-34-13-9-11-30-39(34)47(67)60(46(30)66)35-18-19-38(64)55-45(35)65)28(3)42(26)61-44-31(23-33(52)41(56-44)40-32(51)12-10-14-36(40)62)43(57-48(61)68)59-22-21-58(25-27(59)2)49(69)70-50(4,5)6/h9-14,16-17,23,27,35,53,62H,7-8,15,18-22,24-25H2,1-6H3,(H,54,63)(H,55,64,65)/t27-,35?/m0/s1. The van der Waals surface area contributed by atoms with Gasteiger partial charge in [-0.1, -0.05) is 24.3 Å². The number of hydrogen-bond acceptors (Lipinski definition) is 13. The minimum atomic E-state index is -1.09. The summed E-state index contributed by atoms with van der Waals surface area (Å²) < 4.78 is 38.5. The molecule has 2 fully saturated rings. The number of phenolic OH excluding ortho intramolecular Hbond substituents is 1. The van der Waals surface area contributed by atoms with Crippen molar-refractivity contribution in [3.8, 4) is 22.7 Å². The van der Waals surface area contributed by atoms with E-state index in [-0.39, 0.29) is 79.3 Å². The van der Waals surface area contributed by atoms with Crippen LogP contribution in [0, 0.1) is 25.5 Å². The van der Waals surface area contributed by atoms with Crippen LogP contribution >= 0.6 is 0 Å². The maximum absolute atomic E-state index is 16.3. The number of nitrogens with one attached hydrogen (secondary N) is 3. The second-order valence-electron chi connectivity index (χ2n) is 18.7. The largest absolute Gasteiger partial charge is 0.507 e. The summed E-state index contributed by atoms with van der Waals surface area (Å²) in [4.78, 5) is 105. The van der Waals surface area contributed by atoms with Crippen LogP contribution in [0.4, 0.5) is 25.1 Å². The molecule has 5 heterocycles. The summed E-state index contributed by atoms with van der Waals surface area (Å²) in [6, 6.07) is 11.5. The number of ether oxygens (including phenoxy) is 1. The number of benzene rings is 3. The first-order chi connectivity index (χ1) is 33.2. The number of fused-ring (bicyclic) bond motifs is 2. The number of nitrogens with zero attached hydrogens (tertiary/aromatic N) is 6. The summed E-state index contributed by atoms with van der Waals surface area (Å²) in [5.74, 6) is -5.03. The molecule has 366 valence electrons. The van der Waals surface area contributed by atoms with E-state index in [9.17, 15) is 38.7 Å². The molecule has 0 radical (unpaired) electrons. The fourth-order valence-corrected chi connectivity index (χ4v) is 9.20. The Morgan fingerprint density at radius 3 is 2.40 bits per heavy atom. The number of hydrogen-bond donors (Lipinski definition) is 4. The van der Waals surface area contributed by atoms with Gasteiger partial charge in [0.1, 0.15) is 34.7 Å². The highest BCUT2D eigenvalue weighted by Crippen LogP contribution is 2.37. The topological polar surface area (TPSA) is 225 Å². The van der Waals surface area contributed by atoms with Crippen LogP contribution in [0.25, 0.3) is 28.0 Å². The third kappa shape index (κ3) is 9.49. The highest BCUT2D eigenvalue weighted by molar-refractivity contribution is 6.25. The Morgan fingerprint density at radius 1 is 0.929 bits per heavy atom. The zero-order valence-corrected chi connectivity index (χ0v) is 39.6. The number of piperidine rings is 1. The van der Waals surface area contributed by atoms with Crippen LogP contribution in [-0.2, 0) is 25.7 Å². The van der Waals surface area contributed by atoms with Gasteiger partial charge in [-0.05, 0) is 108 Å². The number of aromatic hydroxyl groups is 1. The number of carbonyl (C=O) groups is 6. The van der Waals surface area contributed by atoms with Gasteiger partial charge >= 0.3 is 11.8 Å². The van der Waals surface area contributed by atoms with E-state index in [1.165, 1.54) is 22.8 Å². The Morgan fingerprint density at radius 2 is 1.69 bits per heavy atom. The van der Waals surface area contributed by atoms with Gasteiger partial charge in [-0.3, -0.25) is 34.2 Å². The molecule has 18 nitrogen and oxygen atoms in total. The zero-order chi connectivity index (χ0) is 50.3. The van der Waals surface area contributed by atoms with Crippen molar-refractivity contribution < 1.29 is 47.4 Å². The average Bonchev–Trinajstić information content (AvgIpc) is 3.55. The van der Waals surface area contributed by atoms with Crippen molar-refractivity contribution >= 4 is 58.2 Å². The van der Waals surface area contributed by atoms with Crippen LogP contribution in [0.2, 0.25) is 0 Å². The van der Waals surface area contributed by atoms with Crippen molar-refractivity contribution in [2.24, 2.45) is 0 Å². The SMILES string of the molecule is Cc1ccc(CNC(=O)CCCCNc2cccc3c2C(=O)N(C2CCC(=O)NC2=O)C3=O)c(C)c1-n1c(=O)nc(N2CCN(C(=O)OC(C)(C)C)C[C@@H]2C)c2cc(F)c(-c3c(O)cccc3F)nc21. The molecule has 1 unspecified atom stereocenters. The number of rotatable bonds is 12. The van der Waals surface area contributed by atoms with Crippen molar-refractivity contribution in [1.82, 2.24) is 35.0 Å². The molecular formula is C50H53F2N9O9. The number of unbranched alkanes of at least 4 members (excludes halogenated alkanes) is 1. The zero-order valence-electron chi connectivity index (χ0n) is 39.6. The number of piperazine rings is 1. The molecule has 0 spiro atoms. The van der Waals surface area contributed by atoms with Gasteiger partial charge in [-0.2, -0.15) is 4.98 Å². The van der Waals surface area contributed by atoms with E-state index < -0.39 is 81.7 Å². The molecule has 4 N–H and O–H groups in total. The second kappa shape index (κ2) is 19.3. The fraction of sp³-hybridized carbons (Fsp3) is 0.380. The van der Waals surface area contributed by atoms with Gasteiger partial charge < -0.3 is 30.3 Å². The first-order valence-corrected chi connectivity index (χ1v) is 23.0. The molecule has 8 rings (SSSR count). The Kier molecular flexibility index (Phi) is 13.4. The number of amides is 6. The molecule has 70 heavy (non-hydrogen) atoms. The molecule has 2 saturated heterocycles. The van der Waals surface area contributed by atoms with Gasteiger partial charge in [0.25, 0.3) is 11.8 Å². The summed E-state index contributed by atoms with van der Waals surface area (Å²) in [6.45, 7) is 11.7. The van der Waals surface area contributed by atoms with E-state index in [1.54, 1.807) is 68.7 Å². The normalized spacial score (nSPS) is 17.2. The van der Waals surface area contributed by atoms with Crippen molar-refractivity contribution in [3.05, 3.63) is 105 Å². The lowest BCUT2D eigenvalue weighted by Gasteiger charge is -2.41. The van der Waals surface area contributed by atoms with Crippen molar-refractivity contribution in [1.29, 1.82) is 0 Å². The lowest BCUT2D eigenvalue weighted by Crippen LogP contribution is -2.55. The summed E-state index contributed by atoms with van der Waals surface area (Å²) >= 11 is 0. The van der Waals surface area contributed by atoms with E-state index >= 15 is 8.78 Å². The number of halogens is 2. The molecule has 3 aliphatic rings. The molecule has 0 aliphatic carbocycles. The van der Waals surface area contributed by atoms with Crippen LogP contribution in [0.1, 0.15) is 97.2 Å².